The van der Waals surface area contributed by atoms with Crippen LogP contribution in [0.15, 0.2) is 18.2 Å². The second-order valence-electron chi connectivity index (χ2n) is 5.41. The second-order valence-corrected chi connectivity index (χ2v) is 5.41. The number of fused-ring (bicyclic) bond motifs is 1. The van der Waals surface area contributed by atoms with Crippen LogP contribution in [0.25, 0.3) is 0 Å². The molecule has 1 unspecified atom stereocenters. The largest absolute Gasteiger partial charge is 0.397 e. The lowest BCUT2D eigenvalue weighted by molar-refractivity contribution is 0.133. The molecule has 0 amide bonds. The fraction of sp³-hybridized carbons (Fsp3) is 0.571. The zero-order valence-corrected chi connectivity index (χ0v) is 10.8. The van der Waals surface area contributed by atoms with Crippen LogP contribution in [0.3, 0.4) is 0 Å². The van der Waals surface area contributed by atoms with Crippen molar-refractivity contribution in [2.75, 3.05) is 42.5 Å². The number of nitrogens with two attached hydrogens (primary N) is 2. The Morgan fingerprint density at radius 1 is 1.06 bits per heavy atom. The van der Waals surface area contributed by atoms with Gasteiger partial charge in [-0.25, -0.2) is 0 Å². The van der Waals surface area contributed by atoms with E-state index >= 15 is 0 Å². The van der Waals surface area contributed by atoms with Gasteiger partial charge in [0.05, 0.1) is 17.1 Å². The molecular formula is C14H22N4. The Bertz CT molecular complexity index is 432. The van der Waals surface area contributed by atoms with Crippen LogP contribution in [0.2, 0.25) is 0 Å². The number of hydrogen-bond donors (Lipinski definition) is 2. The van der Waals surface area contributed by atoms with E-state index < -0.39 is 0 Å². The molecule has 2 saturated heterocycles. The summed E-state index contributed by atoms with van der Waals surface area (Å²) in [6.07, 6.45) is 4.04. The first-order valence-corrected chi connectivity index (χ1v) is 6.88. The number of rotatable bonds is 1. The van der Waals surface area contributed by atoms with E-state index in [0.717, 1.165) is 31.0 Å². The van der Waals surface area contributed by atoms with Gasteiger partial charge in [-0.1, -0.05) is 12.5 Å². The molecule has 0 bridgehead atoms. The number of anilines is 3. The number of benzene rings is 1. The Hall–Kier alpha value is -1.42. The van der Waals surface area contributed by atoms with Crippen LogP contribution in [-0.2, 0) is 0 Å². The first-order chi connectivity index (χ1) is 8.75. The van der Waals surface area contributed by atoms with Gasteiger partial charge >= 0.3 is 0 Å². The lowest BCUT2D eigenvalue weighted by Crippen LogP contribution is -2.55. The second kappa shape index (κ2) is 4.69. The highest BCUT2D eigenvalue weighted by molar-refractivity contribution is 5.79. The molecule has 4 N–H and O–H groups in total. The van der Waals surface area contributed by atoms with Crippen LogP contribution < -0.4 is 16.4 Å². The summed E-state index contributed by atoms with van der Waals surface area (Å²) < 4.78 is 0. The van der Waals surface area contributed by atoms with Gasteiger partial charge in [0.1, 0.15) is 0 Å². The molecule has 0 aromatic heterocycles. The number of nitrogen functional groups attached to an aromatic ring is 2. The Balaban J connectivity index is 1.79. The first kappa shape index (κ1) is 11.7. The minimum Gasteiger partial charge on any atom is -0.397 e. The quantitative estimate of drug-likeness (QED) is 0.738. The average Bonchev–Trinajstić information content (AvgIpc) is 2.41. The minimum atomic E-state index is 0.693. The van der Waals surface area contributed by atoms with Crippen LogP contribution in [0.4, 0.5) is 17.1 Å². The molecule has 2 aliphatic rings. The van der Waals surface area contributed by atoms with Crippen molar-refractivity contribution in [1.82, 2.24) is 4.90 Å². The van der Waals surface area contributed by atoms with Gasteiger partial charge < -0.3 is 16.4 Å². The Kier molecular flexibility index (Phi) is 3.04. The van der Waals surface area contributed by atoms with Crippen LogP contribution >= 0.6 is 0 Å². The fourth-order valence-electron chi connectivity index (χ4n) is 3.22. The molecule has 98 valence electrons. The first-order valence-electron chi connectivity index (χ1n) is 6.88. The highest BCUT2D eigenvalue weighted by Gasteiger charge is 2.29. The molecule has 1 atom stereocenters. The summed E-state index contributed by atoms with van der Waals surface area (Å²) >= 11 is 0. The molecule has 1 aromatic rings. The van der Waals surface area contributed by atoms with Crippen molar-refractivity contribution in [3.8, 4) is 0 Å². The molecule has 2 heterocycles. The molecule has 0 spiro atoms. The predicted molar refractivity (Wildman–Crippen MR) is 76.7 cm³/mol. The Labute approximate surface area is 109 Å². The van der Waals surface area contributed by atoms with Crippen LogP contribution in [-0.4, -0.2) is 37.1 Å². The maximum atomic E-state index is 6.10. The van der Waals surface area contributed by atoms with Crippen molar-refractivity contribution in [1.29, 1.82) is 0 Å². The number of piperidine rings is 1. The molecule has 4 nitrogen and oxygen atoms in total. The molecular weight excluding hydrogens is 224 g/mol. The predicted octanol–water partition coefficient (Wildman–Crippen LogP) is 1.53. The van der Waals surface area contributed by atoms with E-state index in [4.69, 9.17) is 11.5 Å². The fourth-order valence-corrected chi connectivity index (χ4v) is 3.22. The standard InChI is InChI=1S/C14H22N4/c15-12-5-3-6-13(14(12)16)18-9-8-17-7-2-1-4-11(17)10-18/h3,5-6,11H,1-2,4,7-10,15-16H2. The molecule has 0 saturated carbocycles. The van der Waals surface area contributed by atoms with Gasteiger partial charge in [0.2, 0.25) is 0 Å². The molecule has 1 aromatic carbocycles. The van der Waals surface area contributed by atoms with Gasteiger partial charge in [-0.05, 0) is 31.5 Å². The molecule has 2 fully saturated rings. The van der Waals surface area contributed by atoms with Gasteiger partial charge in [0.15, 0.2) is 0 Å². The lowest BCUT2D eigenvalue weighted by atomic mass is 9.99. The molecule has 3 rings (SSSR count). The zero-order valence-electron chi connectivity index (χ0n) is 10.8. The third kappa shape index (κ3) is 2.01. The molecule has 4 heteroatoms. The van der Waals surface area contributed by atoms with Crippen LogP contribution in [0.1, 0.15) is 19.3 Å². The highest BCUT2D eigenvalue weighted by Crippen LogP contribution is 2.31. The van der Waals surface area contributed by atoms with E-state index in [9.17, 15) is 0 Å². The van der Waals surface area contributed by atoms with E-state index in [1.807, 2.05) is 12.1 Å². The average molecular weight is 246 g/mol. The number of hydrogen-bond acceptors (Lipinski definition) is 4. The summed E-state index contributed by atoms with van der Waals surface area (Å²) in [6.45, 7) is 4.57. The van der Waals surface area contributed by atoms with E-state index in [1.165, 1.54) is 25.8 Å². The van der Waals surface area contributed by atoms with Gasteiger partial charge in [0.25, 0.3) is 0 Å². The third-order valence-corrected chi connectivity index (χ3v) is 4.29. The lowest BCUT2D eigenvalue weighted by Gasteiger charge is -2.45. The maximum absolute atomic E-state index is 6.10. The van der Waals surface area contributed by atoms with Crippen molar-refractivity contribution in [2.24, 2.45) is 0 Å². The van der Waals surface area contributed by atoms with E-state index in [0.29, 0.717) is 11.7 Å². The molecule has 2 aliphatic heterocycles. The van der Waals surface area contributed by atoms with Gasteiger partial charge in [0, 0.05) is 25.7 Å². The topological polar surface area (TPSA) is 58.5 Å². The van der Waals surface area contributed by atoms with Crippen LogP contribution in [0.5, 0.6) is 0 Å². The SMILES string of the molecule is Nc1cccc(N2CCN3CCCCC3C2)c1N. The minimum absolute atomic E-state index is 0.693. The smallest absolute Gasteiger partial charge is 0.0785 e. The van der Waals surface area contributed by atoms with Crippen molar-refractivity contribution in [3.05, 3.63) is 18.2 Å². The monoisotopic (exact) mass is 246 g/mol. The zero-order chi connectivity index (χ0) is 12.5. The van der Waals surface area contributed by atoms with Gasteiger partial charge in [-0.2, -0.15) is 0 Å². The van der Waals surface area contributed by atoms with Crippen molar-refractivity contribution in [3.63, 3.8) is 0 Å². The summed E-state index contributed by atoms with van der Waals surface area (Å²) in [5.41, 5.74) is 14.5. The Morgan fingerprint density at radius 2 is 1.94 bits per heavy atom. The summed E-state index contributed by atoms with van der Waals surface area (Å²) in [7, 11) is 0. The molecule has 18 heavy (non-hydrogen) atoms. The third-order valence-electron chi connectivity index (χ3n) is 4.29. The van der Waals surface area contributed by atoms with Gasteiger partial charge in [-0.3, -0.25) is 4.90 Å². The summed E-state index contributed by atoms with van der Waals surface area (Å²) in [5.74, 6) is 0. The van der Waals surface area contributed by atoms with Crippen LogP contribution in [0, 0.1) is 0 Å². The molecule has 0 aliphatic carbocycles. The van der Waals surface area contributed by atoms with E-state index in [-0.39, 0.29) is 0 Å². The highest BCUT2D eigenvalue weighted by atomic mass is 15.3. The summed E-state index contributed by atoms with van der Waals surface area (Å²) in [6, 6.07) is 6.65. The van der Waals surface area contributed by atoms with E-state index in [1.54, 1.807) is 0 Å². The summed E-state index contributed by atoms with van der Waals surface area (Å²) in [5, 5.41) is 0. The molecule has 0 radical (unpaired) electrons. The number of piperazine rings is 1. The normalized spacial score (nSPS) is 24.9. The maximum Gasteiger partial charge on any atom is 0.0785 e. The van der Waals surface area contributed by atoms with Crippen molar-refractivity contribution < 1.29 is 0 Å². The van der Waals surface area contributed by atoms with Crippen molar-refractivity contribution in [2.45, 2.75) is 25.3 Å². The van der Waals surface area contributed by atoms with Gasteiger partial charge in [-0.15, -0.1) is 0 Å². The summed E-state index contributed by atoms with van der Waals surface area (Å²) in [4.78, 5) is 5.03. The van der Waals surface area contributed by atoms with Crippen molar-refractivity contribution >= 4 is 17.1 Å². The van der Waals surface area contributed by atoms with E-state index in [2.05, 4.69) is 15.9 Å². The number of nitrogens with zero attached hydrogens (tertiary/aromatic N) is 2. The number of para-hydroxylation sites is 1. The Morgan fingerprint density at radius 3 is 2.83 bits per heavy atom.